The van der Waals surface area contributed by atoms with E-state index in [-0.39, 0.29) is 24.6 Å². The molecule has 0 aromatic heterocycles. The lowest BCUT2D eigenvalue weighted by Crippen LogP contribution is -2.50. The topological polar surface area (TPSA) is 95.5 Å². The number of likely N-dealkylation sites (tertiary alicyclic amines) is 1. The van der Waals surface area contributed by atoms with Crippen LogP contribution in [0.2, 0.25) is 0 Å². The lowest BCUT2D eigenvalue weighted by atomic mass is 10.1. The smallest absolute Gasteiger partial charge is 0.409 e. The van der Waals surface area contributed by atoms with E-state index in [0.29, 0.717) is 25.7 Å². The Hall–Kier alpha value is -2.03. The van der Waals surface area contributed by atoms with Gasteiger partial charge in [-0.15, -0.1) is 0 Å². The van der Waals surface area contributed by atoms with Crippen molar-refractivity contribution in [3.63, 3.8) is 0 Å². The number of rotatable bonds is 10. The predicted octanol–water partition coefficient (Wildman–Crippen LogP) is 1.05. The summed E-state index contributed by atoms with van der Waals surface area (Å²) in [7, 11) is 3.44. The quantitative estimate of drug-likeness (QED) is 0.324. The van der Waals surface area contributed by atoms with Gasteiger partial charge in [0.2, 0.25) is 5.91 Å². The number of nitrogens with zero attached hydrogens (tertiary/aromatic N) is 3. The number of amides is 2. The highest BCUT2D eigenvalue weighted by molar-refractivity contribution is 5.85. The van der Waals surface area contributed by atoms with Crippen LogP contribution in [-0.2, 0) is 14.3 Å². The first-order chi connectivity index (χ1) is 13.5. The molecular weight excluding hydrogens is 362 g/mol. The first kappa shape index (κ1) is 24.0. The van der Waals surface area contributed by atoms with E-state index < -0.39 is 0 Å². The molecular formula is C19H37N5O4. The fraction of sp³-hybridized carbons (Fsp3) is 0.842. The molecule has 0 atom stereocenters. The van der Waals surface area contributed by atoms with E-state index in [1.807, 2.05) is 13.8 Å². The van der Waals surface area contributed by atoms with Crippen LogP contribution >= 0.6 is 0 Å². The fourth-order valence-corrected chi connectivity index (χ4v) is 2.74. The molecule has 2 N–H and O–H groups in total. The Morgan fingerprint density at radius 1 is 1.14 bits per heavy atom. The van der Waals surface area contributed by atoms with Gasteiger partial charge < -0.3 is 29.9 Å². The van der Waals surface area contributed by atoms with Crippen LogP contribution in [0.1, 0.15) is 39.5 Å². The Labute approximate surface area is 168 Å². The minimum atomic E-state index is -0.251. The summed E-state index contributed by atoms with van der Waals surface area (Å²) in [6.07, 6.45) is 3.31. The third kappa shape index (κ3) is 9.77. The average molecular weight is 400 g/mol. The maximum atomic E-state index is 11.9. The highest BCUT2D eigenvalue weighted by atomic mass is 16.6. The zero-order valence-corrected chi connectivity index (χ0v) is 17.8. The molecule has 0 radical (unpaired) electrons. The summed E-state index contributed by atoms with van der Waals surface area (Å²) in [5.74, 6) is 0.593. The summed E-state index contributed by atoms with van der Waals surface area (Å²) in [6.45, 7) is 7.83. The molecule has 2 amide bonds. The van der Waals surface area contributed by atoms with E-state index in [1.54, 1.807) is 19.0 Å². The minimum Gasteiger partial charge on any atom is -0.450 e. The molecule has 1 saturated heterocycles. The number of carbonyl (C=O) groups is 2. The van der Waals surface area contributed by atoms with E-state index >= 15 is 0 Å². The molecule has 0 aliphatic carbocycles. The normalized spacial score (nSPS) is 15.3. The number of ether oxygens (including phenoxy) is 2. The van der Waals surface area contributed by atoms with Crippen molar-refractivity contribution in [2.24, 2.45) is 4.99 Å². The molecule has 9 nitrogen and oxygen atoms in total. The average Bonchev–Trinajstić information content (AvgIpc) is 2.68. The zero-order valence-electron chi connectivity index (χ0n) is 17.8. The Balaban J connectivity index is 2.49. The van der Waals surface area contributed by atoms with E-state index in [0.717, 1.165) is 45.4 Å². The molecule has 0 aromatic carbocycles. The molecule has 0 bridgehead atoms. The van der Waals surface area contributed by atoms with E-state index in [1.165, 1.54) is 4.90 Å². The maximum absolute atomic E-state index is 11.9. The highest BCUT2D eigenvalue weighted by Gasteiger charge is 2.24. The van der Waals surface area contributed by atoms with Gasteiger partial charge in [-0.3, -0.25) is 4.79 Å². The van der Waals surface area contributed by atoms with Gasteiger partial charge in [0.1, 0.15) is 6.54 Å². The van der Waals surface area contributed by atoms with Gasteiger partial charge in [-0.2, -0.15) is 0 Å². The monoisotopic (exact) mass is 399 g/mol. The van der Waals surface area contributed by atoms with Crippen LogP contribution in [-0.4, -0.2) is 93.9 Å². The number of unbranched alkanes of at least 4 members (excludes halogenated alkanes) is 1. The number of guanidine groups is 1. The molecule has 0 saturated carbocycles. The van der Waals surface area contributed by atoms with Crippen molar-refractivity contribution in [3.05, 3.63) is 0 Å². The SMILES string of the molecule is CCOCCCCNC(=NCC(=O)N(C)C)NC1CCN(C(=O)OCC)CC1. The number of aliphatic imine (C=N–C) groups is 1. The molecule has 1 aliphatic rings. The molecule has 9 heteroatoms. The molecule has 1 fully saturated rings. The summed E-state index contributed by atoms with van der Waals surface area (Å²) in [6, 6.07) is 0.204. The fourth-order valence-electron chi connectivity index (χ4n) is 2.74. The third-order valence-corrected chi connectivity index (χ3v) is 4.45. The van der Waals surface area contributed by atoms with Crippen LogP contribution in [0, 0.1) is 0 Å². The number of hydrogen-bond donors (Lipinski definition) is 2. The second-order valence-corrected chi connectivity index (χ2v) is 6.89. The van der Waals surface area contributed by atoms with Crippen molar-refractivity contribution in [1.82, 2.24) is 20.4 Å². The predicted molar refractivity (Wildman–Crippen MR) is 109 cm³/mol. The van der Waals surface area contributed by atoms with Crippen LogP contribution in [0.15, 0.2) is 4.99 Å². The van der Waals surface area contributed by atoms with Gasteiger partial charge in [-0.25, -0.2) is 9.79 Å². The molecule has 0 spiro atoms. The van der Waals surface area contributed by atoms with Crippen LogP contribution in [0.25, 0.3) is 0 Å². The molecule has 0 aromatic rings. The van der Waals surface area contributed by atoms with Crippen LogP contribution in [0.5, 0.6) is 0 Å². The summed E-state index contributed by atoms with van der Waals surface area (Å²) < 4.78 is 10.4. The highest BCUT2D eigenvalue weighted by Crippen LogP contribution is 2.11. The number of likely N-dealkylation sites (N-methyl/N-ethyl adjacent to an activating group) is 1. The number of carbonyl (C=O) groups excluding carboxylic acids is 2. The summed E-state index contributed by atoms with van der Waals surface area (Å²) in [4.78, 5) is 31.4. The molecule has 1 rings (SSSR count). The Morgan fingerprint density at radius 3 is 2.46 bits per heavy atom. The van der Waals surface area contributed by atoms with Crippen molar-refractivity contribution in [2.45, 2.75) is 45.6 Å². The van der Waals surface area contributed by atoms with Crippen molar-refractivity contribution in [3.8, 4) is 0 Å². The van der Waals surface area contributed by atoms with Gasteiger partial charge in [0, 0.05) is 53.0 Å². The number of piperidine rings is 1. The first-order valence-corrected chi connectivity index (χ1v) is 10.2. The van der Waals surface area contributed by atoms with Crippen molar-refractivity contribution >= 4 is 18.0 Å². The second kappa shape index (κ2) is 14.0. The molecule has 1 heterocycles. The Kier molecular flexibility index (Phi) is 12.0. The van der Waals surface area contributed by atoms with Gasteiger partial charge in [0.05, 0.1) is 6.61 Å². The number of hydrogen-bond acceptors (Lipinski definition) is 5. The summed E-state index contributed by atoms with van der Waals surface area (Å²) in [5.41, 5.74) is 0. The van der Waals surface area contributed by atoms with E-state index in [4.69, 9.17) is 9.47 Å². The standard InChI is InChI=1S/C19H37N5O4/c1-5-27-14-8-7-11-20-18(21-15-17(25)23(3)4)22-16-9-12-24(13-10-16)19(26)28-6-2/h16H,5-15H2,1-4H3,(H2,20,21,22). The lowest BCUT2D eigenvalue weighted by Gasteiger charge is -2.32. The Bertz CT molecular complexity index is 491. The maximum Gasteiger partial charge on any atom is 0.409 e. The van der Waals surface area contributed by atoms with Crippen LogP contribution < -0.4 is 10.6 Å². The van der Waals surface area contributed by atoms with Crippen LogP contribution in [0.3, 0.4) is 0 Å². The summed E-state index contributed by atoms with van der Waals surface area (Å²) in [5, 5.41) is 6.70. The Morgan fingerprint density at radius 2 is 1.86 bits per heavy atom. The van der Waals surface area contributed by atoms with E-state index in [9.17, 15) is 9.59 Å². The van der Waals surface area contributed by atoms with Crippen molar-refractivity contribution < 1.29 is 19.1 Å². The zero-order chi connectivity index (χ0) is 20.8. The van der Waals surface area contributed by atoms with Gasteiger partial charge in [0.15, 0.2) is 5.96 Å². The summed E-state index contributed by atoms with van der Waals surface area (Å²) >= 11 is 0. The minimum absolute atomic E-state index is 0.0467. The van der Waals surface area contributed by atoms with Gasteiger partial charge in [-0.1, -0.05) is 0 Å². The van der Waals surface area contributed by atoms with Gasteiger partial charge >= 0.3 is 6.09 Å². The molecule has 1 aliphatic heterocycles. The van der Waals surface area contributed by atoms with Crippen molar-refractivity contribution in [1.29, 1.82) is 0 Å². The van der Waals surface area contributed by atoms with Crippen LogP contribution in [0.4, 0.5) is 4.79 Å². The van der Waals surface area contributed by atoms with Gasteiger partial charge in [0.25, 0.3) is 0 Å². The largest absolute Gasteiger partial charge is 0.450 e. The first-order valence-electron chi connectivity index (χ1n) is 10.2. The molecule has 162 valence electrons. The van der Waals surface area contributed by atoms with Crippen molar-refractivity contribution in [2.75, 3.05) is 60.1 Å². The van der Waals surface area contributed by atoms with E-state index in [2.05, 4.69) is 15.6 Å². The molecule has 28 heavy (non-hydrogen) atoms. The third-order valence-electron chi connectivity index (χ3n) is 4.45. The molecule has 0 unspecified atom stereocenters. The lowest BCUT2D eigenvalue weighted by molar-refractivity contribution is -0.127. The van der Waals surface area contributed by atoms with Gasteiger partial charge in [-0.05, 0) is 39.5 Å². The number of nitrogens with one attached hydrogen (secondary N) is 2. The second-order valence-electron chi connectivity index (χ2n) is 6.89.